The van der Waals surface area contributed by atoms with E-state index in [2.05, 4.69) is 25.3 Å². The second kappa shape index (κ2) is 8.48. The van der Waals surface area contributed by atoms with Crippen LogP contribution in [0.1, 0.15) is 11.1 Å². The van der Waals surface area contributed by atoms with Crippen molar-refractivity contribution in [2.75, 3.05) is 22.9 Å². The highest BCUT2D eigenvalue weighted by Gasteiger charge is 2.35. The number of aromatic amines is 2. The molecule has 3 N–H and O–H groups in total. The number of nitrogens with one attached hydrogen (secondary N) is 3. The average molecular weight is 492 g/mol. The lowest BCUT2D eigenvalue weighted by molar-refractivity contribution is -0.137. The second-order valence-electron chi connectivity index (χ2n) is 7.50. The molecule has 0 aromatic carbocycles. The number of halogens is 3. The maximum atomic E-state index is 13.8. The van der Waals surface area contributed by atoms with Gasteiger partial charge in [-0.25, -0.2) is 18.4 Å². The summed E-state index contributed by atoms with van der Waals surface area (Å²) in [6.07, 6.45) is -0.126. The van der Waals surface area contributed by atoms with E-state index < -0.39 is 21.8 Å². The highest BCUT2D eigenvalue weighted by molar-refractivity contribution is 7.92. The summed E-state index contributed by atoms with van der Waals surface area (Å²) < 4.78 is 66.3. The molecule has 0 aliphatic carbocycles. The molecule has 0 bridgehead atoms. The molecule has 178 valence electrons. The number of sulfonamides is 1. The summed E-state index contributed by atoms with van der Waals surface area (Å²) in [6.45, 7) is -0.135. The van der Waals surface area contributed by atoms with Crippen LogP contribution in [-0.2, 0) is 22.7 Å². The zero-order valence-electron chi connectivity index (χ0n) is 17.9. The van der Waals surface area contributed by atoms with Gasteiger partial charge in [-0.3, -0.25) is 9.10 Å². The molecule has 0 aliphatic heterocycles. The first-order valence-electron chi connectivity index (χ1n) is 9.85. The third-order valence-corrected chi connectivity index (χ3v) is 6.35. The lowest BCUT2D eigenvalue weighted by atomic mass is 10.1. The van der Waals surface area contributed by atoms with Gasteiger partial charge in [0.2, 0.25) is 15.6 Å². The van der Waals surface area contributed by atoms with E-state index in [1.54, 1.807) is 12.1 Å². The maximum absolute atomic E-state index is 13.8. The van der Waals surface area contributed by atoms with E-state index in [0.717, 1.165) is 16.8 Å². The van der Waals surface area contributed by atoms with Crippen LogP contribution < -0.4 is 15.2 Å². The van der Waals surface area contributed by atoms with Crippen LogP contribution in [0.25, 0.3) is 22.3 Å². The Hall–Kier alpha value is -3.87. The van der Waals surface area contributed by atoms with Crippen molar-refractivity contribution < 1.29 is 21.6 Å². The number of anilines is 2. The van der Waals surface area contributed by atoms with Gasteiger partial charge in [0.15, 0.2) is 0 Å². The number of aromatic nitrogens is 4. The van der Waals surface area contributed by atoms with Gasteiger partial charge in [-0.15, -0.1) is 0 Å². The molecule has 4 aromatic rings. The summed E-state index contributed by atoms with van der Waals surface area (Å²) >= 11 is 0. The summed E-state index contributed by atoms with van der Waals surface area (Å²) in [5, 5.41) is 2.98. The summed E-state index contributed by atoms with van der Waals surface area (Å²) in [5.41, 5.74) is 0.0869. The highest BCUT2D eigenvalue weighted by Crippen LogP contribution is 2.39. The molecule has 0 saturated carbocycles. The Morgan fingerprint density at radius 3 is 2.59 bits per heavy atom. The summed E-state index contributed by atoms with van der Waals surface area (Å²) in [6, 6.07) is 7.47. The fraction of sp³-hybridized carbons (Fsp3) is 0.190. The normalized spacial score (nSPS) is 12.1. The Morgan fingerprint density at radius 1 is 1.18 bits per heavy atom. The molecule has 0 atom stereocenters. The minimum Gasteiger partial charge on any atom is -0.380 e. The van der Waals surface area contributed by atoms with Crippen LogP contribution in [-0.4, -0.2) is 41.7 Å². The van der Waals surface area contributed by atoms with Crippen LogP contribution in [0.15, 0.2) is 53.7 Å². The average Bonchev–Trinajstić information content (AvgIpc) is 3.21. The zero-order valence-corrected chi connectivity index (χ0v) is 18.8. The van der Waals surface area contributed by atoms with Gasteiger partial charge >= 0.3 is 6.18 Å². The molecular weight excluding hydrogens is 473 g/mol. The first kappa shape index (κ1) is 23.3. The van der Waals surface area contributed by atoms with Crippen molar-refractivity contribution in [2.24, 2.45) is 0 Å². The Labute approximate surface area is 191 Å². The topological polar surface area (TPSA) is 124 Å². The number of rotatable bonds is 6. The van der Waals surface area contributed by atoms with Gasteiger partial charge in [0.1, 0.15) is 11.5 Å². The van der Waals surface area contributed by atoms with Crippen molar-refractivity contribution in [3.63, 3.8) is 0 Å². The van der Waals surface area contributed by atoms with Crippen molar-refractivity contribution in [1.29, 1.82) is 0 Å². The molecule has 0 unspecified atom stereocenters. The first-order chi connectivity index (χ1) is 15.9. The number of alkyl halides is 3. The molecule has 0 fully saturated rings. The van der Waals surface area contributed by atoms with Crippen molar-refractivity contribution in [1.82, 2.24) is 19.9 Å². The minimum absolute atomic E-state index is 0.0966. The minimum atomic E-state index is -4.69. The van der Waals surface area contributed by atoms with Gasteiger partial charge in [0.25, 0.3) is 0 Å². The van der Waals surface area contributed by atoms with Crippen molar-refractivity contribution in [3.8, 4) is 11.3 Å². The molecule has 4 heterocycles. The zero-order chi connectivity index (χ0) is 24.7. The van der Waals surface area contributed by atoms with Gasteiger partial charge in [0, 0.05) is 60.5 Å². The van der Waals surface area contributed by atoms with Gasteiger partial charge in [-0.1, -0.05) is 6.07 Å². The van der Waals surface area contributed by atoms with E-state index in [1.807, 2.05) is 0 Å². The number of nitrogens with zero attached hydrogens (tertiary/aromatic N) is 3. The van der Waals surface area contributed by atoms with Crippen molar-refractivity contribution in [3.05, 3.63) is 70.4 Å². The molecule has 0 saturated heterocycles. The quantitative estimate of drug-likeness (QED) is 0.379. The Morgan fingerprint density at radius 2 is 1.94 bits per heavy atom. The van der Waals surface area contributed by atoms with Crippen LogP contribution in [0.5, 0.6) is 0 Å². The second-order valence-corrected chi connectivity index (χ2v) is 9.52. The van der Waals surface area contributed by atoms with Gasteiger partial charge in [-0.2, -0.15) is 13.2 Å². The summed E-state index contributed by atoms with van der Waals surface area (Å²) in [4.78, 5) is 24.8. The maximum Gasteiger partial charge on any atom is 0.419 e. The number of hydrogen-bond donors (Lipinski definition) is 3. The van der Waals surface area contributed by atoms with Crippen LogP contribution in [0.3, 0.4) is 0 Å². The third-order valence-electron chi connectivity index (χ3n) is 5.18. The van der Waals surface area contributed by atoms with Gasteiger partial charge in [0.05, 0.1) is 17.5 Å². The molecule has 34 heavy (non-hydrogen) atoms. The van der Waals surface area contributed by atoms with Gasteiger partial charge in [-0.05, 0) is 18.2 Å². The smallest absolute Gasteiger partial charge is 0.380 e. The van der Waals surface area contributed by atoms with Crippen LogP contribution in [0.4, 0.5) is 24.7 Å². The van der Waals surface area contributed by atoms with Crippen molar-refractivity contribution in [2.45, 2.75) is 12.7 Å². The molecule has 4 aromatic heterocycles. The first-order valence-corrected chi connectivity index (χ1v) is 11.7. The fourth-order valence-electron chi connectivity index (χ4n) is 3.41. The van der Waals surface area contributed by atoms with Gasteiger partial charge < -0.3 is 15.3 Å². The van der Waals surface area contributed by atoms with E-state index in [9.17, 15) is 26.4 Å². The summed E-state index contributed by atoms with van der Waals surface area (Å²) in [7, 11) is -2.32. The Bertz CT molecular complexity index is 1510. The Balaban J connectivity index is 1.79. The van der Waals surface area contributed by atoms with E-state index in [1.165, 1.54) is 37.6 Å². The van der Waals surface area contributed by atoms with Crippen LogP contribution in [0, 0.1) is 0 Å². The molecule has 0 radical (unpaired) electrons. The van der Waals surface area contributed by atoms with Crippen LogP contribution >= 0.6 is 0 Å². The number of fused-ring (bicyclic) bond motifs is 1. The molecular formula is C21H19F3N6O3S. The SMILES string of the molecule is CN(c1ncccc1CNc1c(C(F)(F)F)cnc2[nH]c(-c3ccc(=O)[nH]c3)cc12)S(C)(=O)=O. The molecule has 13 heteroatoms. The predicted octanol–water partition coefficient (Wildman–Crippen LogP) is 3.34. The Kier molecular flexibility index (Phi) is 5.81. The highest BCUT2D eigenvalue weighted by atomic mass is 32.2. The third kappa shape index (κ3) is 4.59. The molecule has 0 spiro atoms. The largest absolute Gasteiger partial charge is 0.419 e. The standard InChI is InChI=1S/C21H19F3N6O3S/c1-30(34(2,32)33)20-13(4-3-7-25-20)10-27-18-14-8-16(12-5-6-17(31)26-9-12)29-19(14)28-11-15(18)21(22,23)24/h3-9,11H,10H2,1-2H3,(H,26,31)(H2,27,28,29). The van der Waals surface area contributed by atoms with Crippen molar-refractivity contribution >= 4 is 32.6 Å². The molecule has 0 amide bonds. The molecule has 4 rings (SSSR count). The lowest BCUT2D eigenvalue weighted by Gasteiger charge is -2.20. The summed E-state index contributed by atoms with van der Waals surface area (Å²) in [5.74, 6) is 0.0966. The number of H-pyrrole nitrogens is 2. The van der Waals surface area contributed by atoms with Crippen LogP contribution in [0.2, 0.25) is 0 Å². The predicted molar refractivity (Wildman–Crippen MR) is 122 cm³/mol. The molecule has 0 aliphatic rings. The lowest BCUT2D eigenvalue weighted by Crippen LogP contribution is -2.27. The van der Waals surface area contributed by atoms with E-state index >= 15 is 0 Å². The monoisotopic (exact) mass is 492 g/mol. The fourth-order valence-corrected chi connectivity index (χ4v) is 3.88. The van der Waals surface area contributed by atoms with E-state index in [4.69, 9.17) is 0 Å². The van der Waals surface area contributed by atoms with E-state index in [-0.39, 0.29) is 34.6 Å². The number of hydrogen-bond acceptors (Lipinski definition) is 6. The van der Waals surface area contributed by atoms with E-state index in [0.29, 0.717) is 16.8 Å². The number of pyridine rings is 3. The molecule has 9 nitrogen and oxygen atoms in total.